The van der Waals surface area contributed by atoms with E-state index in [1.54, 1.807) is 16.2 Å². The molecule has 0 spiro atoms. The zero-order valence-corrected chi connectivity index (χ0v) is 14.4. The summed E-state index contributed by atoms with van der Waals surface area (Å²) in [5.41, 5.74) is 2.13. The lowest BCUT2D eigenvalue weighted by molar-refractivity contribution is -0.131. The molecule has 0 aliphatic carbocycles. The van der Waals surface area contributed by atoms with Crippen LogP contribution >= 0.6 is 11.3 Å². The predicted octanol–water partition coefficient (Wildman–Crippen LogP) is 2.63. The number of carbonyl (C=O) groups is 1. The minimum absolute atomic E-state index is 0.0552. The second-order valence-corrected chi connectivity index (χ2v) is 7.06. The Bertz CT molecular complexity index is 949. The van der Waals surface area contributed by atoms with Gasteiger partial charge in [-0.2, -0.15) is 0 Å². The van der Waals surface area contributed by atoms with Gasteiger partial charge in [0, 0.05) is 23.4 Å². The Labute approximate surface area is 149 Å². The van der Waals surface area contributed by atoms with Crippen LogP contribution in [0.15, 0.2) is 52.6 Å². The molecule has 5 nitrogen and oxygen atoms in total. The first kappa shape index (κ1) is 15.8. The summed E-state index contributed by atoms with van der Waals surface area (Å²) in [6.45, 7) is 0.929. The molecule has 25 heavy (non-hydrogen) atoms. The van der Waals surface area contributed by atoms with E-state index in [0.717, 1.165) is 16.1 Å². The lowest BCUT2D eigenvalue weighted by atomic mass is 10.1. The minimum Gasteiger partial charge on any atom is -0.337 e. The number of benzene rings is 1. The number of hydrogen-bond acceptors (Lipinski definition) is 4. The standard InChI is InChI=1S/C19H17N3O2S/c23-17(11-14-7-4-10-25-14)22-9-8-16-15(12-22)19(24)21-18(20-16)13-5-2-1-3-6-13/h1-7,10H,8-9,11-12H2,(H,20,21,24). The van der Waals surface area contributed by atoms with E-state index in [4.69, 9.17) is 0 Å². The number of carbonyl (C=O) groups excluding carboxylic acids is 1. The summed E-state index contributed by atoms with van der Waals surface area (Å²) < 4.78 is 0. The summed E-state index contributed by atoms with van der Waals surface area (Å²) in [6.07, 6.45) is 0.996. The summed E-state index contributed by atoms with van der Waals surface area (Å²) in [4.78, 5) is 35.3. The molecule has 1 amide bonds. The molecular formula is C19H17N3O2S. The number of aromatic nitrogens is 2. The fraction of sp³-hybridized carbons (Fsp3) is 0.211. The monoisotopic (exact) mass is 351 g/mol. The molecule has 3 heterocycles. The normalized spacial score (nSPS) is 13.5. The Balaban J connectivity index is 1.57. The first-order valence-corrected chi connectivity index (χ1v) is 9.06. The Hall–Kier alpha value is -2.73. The zero-order valence-electron chi connectivity index (χ0n) is 13.6. The Morgan fingerprint density at radius 2 is 2.04 bits per heavy atom. The van der Waals surface area contributed by atoms with E-state index in [2.05, 4.69) is 9.97 Å². The van der Waals surface area contributed by atoms with Crippen LogP contribution < -0.4 is 5.56 Å². The van der Waals surface area contributed by atoms with Crippen molar-refractivity contribution in [3.63, 3.8) is 0 Å². The molecule has 3 aromatic rings. The number of nitrogens with zero attached hydrogens (tertiary/aromatic N) is 2. The van der Waals surface area contributed by atoms with Crippen molar-refractivity contribution in [1.82, 2.24) is 14.9 Å². The van der Waals surface area contributed by atoms with Crippen molar-refractivity contribution in [3.8, 4) is 11.4 Å². The maximum absolute atomic E-state index is 12.5. The van der Waals surface area contributed by atoms with Gasteiger partial charge in [0.15, 0.2) is 0 Å². The Morgan fingerprint density at radius 1 is 1.20 bits per heavy atom. The second-order valence-electron chi connectivity index (χ2n) is 6.03. The van der Waals surface area contributed by atoms with Crippen LogP contribution in [0.2, 0.25) is 0 Å². The Morgan fingerprint density at radius 3 is 2.80 bits per heavy atom. The fourth-order valence-electron chi connectivity index (χ4n) is 3.04. The van der Waals surface area contributed by atoms with Crippen LogP contribution in [-0.2, 0) is 24.2 Å². The number of aromatic amines is 1. The van der Waals surface area contributed by atoms with Gasteiger partial charge in [-0.3, -0.25) is 9.59 Å². The zero-order chi connectivity index (χ0) is 17.2. The van der Waals surface area contributed by atoms with Gasteiger partial charge >= 0.3 is 0 Å². The first-order valence-electron chi connectivity index (χ1n) is 8.18. The second kappa shape index (κ2) is 6.64. The molecule has 0 saturated heterocycles. The van der Waals surface area contributed by atoms with Gasteiger partial charge in [-0.05, 0) is 11.4 Å². The molecule has 0 fully saturated rings. The molecule has 0 unspecified atom stereocenters. The molecule has 1 aromatic carbocycles. The highest BCUT2D eigenvalue weighted by Crippen LogP contribution is 2.19. The maximum atomic E-state index is 12.5. The molecule has 1 N–H and O–H groups in total. The van der Waals surface area contributed by atoms with Crippen LogP contribution in [0.1, 0.15) is 16.1 Å². The van der Waals surface area contributed by atoms with Gasteiger partial charge in [0.25, 0.3) is 5.56 Å². The van der Waals surface area contributed by atoms with Gasteiger partial charge in [0.05, 0.1) is 24.2 Å². The third kappa shape index (κ3) is 3.25. The lowest BCUT2D eigenvalue weighted by Crippen LogP contribution is -2.40. The van der Waals surface area contributed by atoms with Gasteiger partial charge < -0.3 is 9.88 Å². The number of H-pyrrole nitrogens is 1. The Kier molecular flexibility index (Phi) is 4.19. The van der Waals surface area contributed by atoms with Gasteiger partial charge in [0.1, 0.15) is 5.82 Å². The first-order chi connectivity index (χ1) is 12.2. The highest BCUT2D eigenvalue weighted by atomic mass is 32.1. The van der Waals surface area contributed by atoms with Crippen molar-refractivity contribution >= 4 is 17.2 Å². The summed E-state index contributed by atoms with van der Waals surface area (Å²) in [6, 6.07) is 13.5. The van der Waals surface area contributed by atoms with Crippen molar-refractivity contribution in [2.45, 2.75) is 19.4 Å². The number of thiophene rings is 1. The summed E-state index contributed by atoms with van der Waals surface area (Å²) >= 11 is 1.58. The van der Waals surface area contributed by atoms with Gasteiger partial charge in [-0.1, -0.05) is 36.4 Å². The van der Waals surface area contributed by atoms with Crippen LogP contribution in [0.4, 0.5) is 0 Å². The molecule has 2 aromatic heterocycles. The molecule has 6 heteroatoms. The van der Waals surface area contributed by atoms with Crippen LogP contribution in [-0.4, -0.2) is 27.3 Å². The molecule has 0 radical (unpaired) electrons. The van der Waals surface area contributed by atoms with Crippen LogP contribution in [0.3, 0.4) is 0 Å². The number of hydrogen-bond donors (Lipinski definition) is 1. The molecule has 0 atom stereocenters. The van der Waals surface area contributed by atoms with Gasteiger partial charge in [-0.15, -0.1) is 11.3 Å². The highest BCUT2D eigenvalue weighted by molar-refractivity contribution is 7.10. The van der Waals surface area contributed by atoms with Gasteiger partial charge in [-0.25, -0.2) is 4.98 Å². The highest BCUT2D eigenvalue weighted by Gasteiger charge is 2.24. The van der Waals surface area contributed by atoms with E-state index in [0.29, 0.717) is 37.3 Å². The summed E-state index contributed by atoms with van der Waals surface area (Å²) in [7, 11) is 0. The molecule has 4 rings (SSSR count). The smallest absolute Gasteiger partial charge is 0.256 e. The van der Waals surface area contributed by atoms with E-state index >= 15 is 0 Å². The predicted molar refractivity (Wildman–Crippen MR) is 97.4 cm³/mol. The van der Waals surface area contributed by atoms with E-state index in [9.17, 15) is 9.59 Å². The third-order valence-corrected chi connectivity index (χ3v) is 5.25. The maximum Gasteiger partial charge on any atom is 0.256 e. The summed E-state index contributed by atoms with van der Waals surface area (Å²) in [5.74, 6) is 0.641. The third-order valence-electron chi connectivity index (χ3n) is 4.37. The van der Waals surface area contributed by atoms with E-state index in [1.807, 2.05) is 47.8 Å². The largest absolute Gasteiger partial charge is 0.337 e. The van der Waals surface area contributed by atoms with E-state index in [1.165, 1.54) is 0 Å². The SMILES string of the molecule is O=C(Cc1cccs1)N1CCc2nc(-c3ccccc3)[nH]c(=O)c2C1. The van der Waals surface area contributed by atoms with Crippen molar-refractivity contribution in [3.05, 3.63) is 74.3 Å². The molecular weight excluding hydrogens is 334 g/mol. The topological polar surface area (TPSA) is 66.1 Å². The van der Waals surface area contributed by atoms with Crippen LogP contribution in [0.25, 0.3) is 11.4 Å². The average Bonchev–Trinajstić information content (AvgIpc) is 3.15. The minimum atomic E-state index is -0.155. The summed E-state index contributed by atoms with van der Waals surface area (Å²) in [5, 5.41) is 1.97. The van der Waals surface area contributed by atoms with Crippen LogP contribution in [0.5, 0.6) is 0 Å². The quantitative estimate of drug-likeness (QED) is 0.789. The average molecular weight is 351 g/mol. The molecule has 126 valence electrons. The number of nitrogens with one attached hydrogen (secondary N) is 1. The molecule has 0 bridgehead atoms. The number of fused-ring (bicyclic) bond motifs is 1. The molecule has 1 aliphatic rings. The van der Waals surface area contributed by atoms with Crippen molar-refractivity contribution in [2.75, 3.05) is 6.54 Å². The molecule has 0 saturated carbocycles. The lowest BCUT2D eigenvalue weighted by Gasteiger charge is -2.27. The van der Waals surface area contributed by atoms with Crippen molar-refractivity contribution < 1.29 is 4.79 Å². The molecule has 1 aliphatic heterocycles. The van der Waals surface area contributed by atoms with Crippen molar-refractivity contribution in [1.29, 1.82) is 0 Å². The number of amides is 1. The van der Waals surface area contributed by atoms with E-state index in [-0.39, 0.29) is 11.5 Å². The van der Waals surface area contributed by atoms with E-state index < -0.39 is 0 Å². The number of rotatable bonds is 3. The van der Waals surface area contributed by atoms with Gasteiger partial charge in [0.2, 0.25) is 5.91 Å². The van der Waals surface area contributed by atoms with Crippen molar-refractivity contribution in [2.24, 2.45) is 0 Å². The van der Waals surface area contributed by atoms with Crippen LogP contribution in [0, 0.1) is 0 Å². The fourth-order valence-corrected chi connectivity index (χ4v) is 3.74.